The Morgan fingerprint density at radius 3 is 2.33 bits per heavy atom. The van der Waals surface area contributed by atoms with Gasteiger partial charge in [-0.15, -0.1) is 0 Å². The number of hydrogen-bond donors (Lipinski definition) is 0. The molecule has 2 unspecified atom stereocenters. The van der Waals surface area contributed by atoms with Crippen molar-refractivity contribution in [2.75, 3.05) is 31.1 Å². The molecule has 4 heteroatoms. The Bertz CT molecular complexity index is 429. The Morgan fingerprint density at radius 1 is 1.06 bits per heavy atom. The van der Waals surface area contributed by atoms with E-state index in [-0.39, 0.29) is 5.82 Å². The van der Waals surface area contributed by atoms with E-state index in [0.29, 0.717) is 0 Å². The maximum absolute atomic E-state index is 12.9. The van der Waals surface area contributed by atoms with E-state index in [1.807, 2.05) is 0 Å². The Labute approximate surface area is 107 Å². The van der Waals surface area contributed by atoms with Crippen molar-refractivity contribution in [1.29, 1.82) is 0 Å². The number of fused-ring (bicyclic) bond motifs is 1. The average Bonchev–Trinajstić information content (AvgIpc) is 3.02. The van der Waals surface area contributed by atoms with Gasteiger partial charge in [-0.2, -0.15) is 0 Å². The molecule has 0 N–H and O–H groups in total. The fourth-order valence-corrected chi connectivity index (χ4v) is 3.51. The van der Waals surface area contributed by atoms with Gasteiger partial charge >= 0.3 is 0 Å². The molecule has 2 saturated heterocycles. The van der Waals surface area contributed by atoms with Gasteiger partial charge in [0.15, 0.2) is 0 Å². The van der Waals surface area contributed by atoms with Gasteiger partial charge in [-0.05, 0) is 36.8 Å². The second-order valence-corrected chi connectivity index (χ2v) is 5.94. The molecule has 3 nitrogen and oxygen atoms in total. The molecule has 4 rings (SSSR count). The summed E-state index contributed by atoms with van der Waals surface area (Å²) in [5, 5.41) is 0. The van der Waals surface area contributed by atoms with E-state index in [1.54, 1.807) is 6.07 Å². The molecule has 3 aliphatic rings. The number of rotatable bonds is 2. The minimum absolute atomic E-state index is 0.252. The van der Waals surface area contributed by atoms with Crippen LogP contribution in [0.2, 0.25) is 0 Å². The molecular formula is C14H18FN3. The van der Waals surface area contributed by atoms with Crippen molar-refractivity contribution in [2.24, 2.45) is 11.8 Å². The van der Waals surface area contributed by atoms with Crippen molar-refractivity contribution >= 4 is 5.82 Å². The molecule has 1 saturated carbocycles. The lowest BCUT2D eigenvalue weighted by Crippen LogP contribution is -2.30. The smallest absolute Gasteiger partial charge is 0.141 e. The van der Waals surface area contributed by atoms with Crippen molar-refractivity contribution in [3.8, 4) is 0 Å². The third kappa shape index (κ3) is 1.79. The predicted octanol–water partition coefficient (Wildman–Crippen LogP) is 1.75. The van der Waals surface area contributed by atoms with Crippen molar-refractivity contribution in [2.45, 2.75) is 18.9 Å². The maximum Gasteiger partial charge on any atom is 0.141 e. The largest absolute Gasteiger partial charge is 0.356 e. The first kappa shape index (κ1) is 10.7. The Morgan fingerprint density at radius 2 is 1.78 bits per heavy atom. The lowest BCUT2D eigenvalue weighted by Gasteiger charge is -2.21. The summed E-state index contributed by atoms with van der Waals surface area (Å²) in [7, 11) is 0. The zero-order valence-electron chi connectivity index (χ0n) is 10.4. The van der Waals surface area contributed by atoms with Crippen LogP contribution in [0.3, 0.4) is 0 Å². The highest BCUT2D eigenvalue weighted by Gasteiger charge is 2.44. The molecule has 1 aliphatic carbocycles. The van der Waals surface area contributed by atoms with Gasteiger partial charge in [0.1, 0.15) is 11.6 Å². The van der Waals surface area contributed by atoms with Crippen molar-refractivity contribution in [3.63, 3.8) is 0 Å². The lowest BCUT2D eigenvalue weighted by molar-refractivity contribution is 0.306. The summed E-state index contributed by atoms with van der Waals surface area (Å²) in [4.78, 5) is 9.18. The van der Waals surface area contributed by atoms with Gasteiger partial charge in [-0.1, -0.05) is 0 Å². The molecule has 2 aliphatic heterocycles. The van der Waals surface area contributed by atoms with E-state index < -0.39 is 0 Å². The van der Waals surface area contributed by atoms with Crippen molar-refractivity contribution in [1.82, 2.24) is 9.88 Å². The molecule has 2 atom stereocenters. The molecule has 96 valence electrons. The molecule has 0 bridgehead atoms. The fourth-order valence-electron chi connectivity index (χ4n) is 3.51. The fraction of sp³-hybridized carbons (Fsp3) is 0.643. The Kier molecular flexibility index (Phi) is 2.34. The molecule has 3 heterocycles. The quantitative estimate of drug-likeness (QED) is 0.793. The highest BCUT2D eigenvalue weighted by atomic mass is 19.1. The lowest BCUT2D eigenvalue weighted by atomic mass is 10.0. The summed E-state index contributed by atoms with van der Waals surface area (Å²) in [6.45, 7) is 4.69. The first-order chi connectivity index (χ1) is 8.79. The number of halogens is 1. The van der Waals surface area contributed by atoms with Crippen LogP contribution in [0.1, 0.15) is 12.8 Å². The maximum atomic E-state index is 12.9. The van der Waals surface area contributed by atoms with Gasteiger partial charge in [-0.25, -0.2) is 9.37 Å². The van der Waals surface area contributed by atoms with Gasteiger partial charge in [0.05, 0.1) is 6.20 Å². The minimum Gasteiger partial charge on any atom is -0.356 e. The number of pyridine rings is 1. The van der Waals surface area contributed by atoms with Crippen LogP contribution < -0.4 is 4.90 Å². The molecule has 1 aromatic heterocycles. The third-order valence-corrected chi connectivity index (χ3v) is 4.61. The number of anilines is 1. The second kappa shape index (κ2) is 3.92. The minimum atomic E-state index is -0.252. The van der Waals surface area contributed by atoms with E-state index in [1.165, 1.54) is 38.2 Å². The van der Waals surface area contributed by atoms with Crippen molar-refractivity contribution < 1.29 is 4.39 Å². The molecule has 1 aromatic rings. The van der Waals surface area contributed by atoms with Crippen molar-refractivity contribution in [3.05, 3.63) is 24.1 Å². The van der Waals surface area contributed by atoms with E-state index in [0.717, 1.165) is 36.8 Å². The number of likely N-dealkylation sites (tertiary alicyclic amines) is 1. The molecule has 18 heavy (non-hydrogen) atoms. The monoisotopic (exact) mass is 247 g/mol. The zero-order chi connectivity index (χ0) is 12.1. The Hall–Kier alpha value is -1.16. The summed E-state index contributed by atoms with van der Waals surface area (Å²) >= 11 is 0. The highest BCUT2D eigenvalue weighted by molar-refractivity contribution is 5.40. The van der Waals surface area contributed by atoms with Gasteiger partial charge in [0.25, 0.3) is 0 Å². The van der Waals surface area contributed by atoms with E-state index in [4.69, 9.17) is 0 Å². The summed E-state index contributed by atoms with van der Waals surface area (Å²) in [6.07, 6.45) is 4.13. The van der Waals surface area contributed by atoms with Crippen LogP contribution in [-0.2, 0) is 0 Å². The van der Waals surface area contributed by atoms with Gasteiger partial charge in [0, 0.05) is 32.2 Å². The number of aromatic nitrogens is 1. The molecule has 0 spiro atoms. The third-order valence-electron chi connectivity index (χ3n) is 4.61. The first-order valence-corrected chi connectivity index (χ1v) is 6.90. The summed E-state index contributed by atoms with van der Waals surface area (Å²) in [5.41, 5.74) is 0. The van der Waals surface area contributed by atoms with Gasteiger partial charge in [-0.3, -0.25) is 4.90 Å². The van der Waals surface area contributed by atoms with Crippen LogP contribution in [0, 0.1) is 17.7 Å². The van der Waals surface area contributed by atoms with Crippen LogP contribution in [0.5, 0.6) is 0 Å². The van der Waals surface area contributed by atoms with E-state index in [2.05, 4.69) is 14.8 Å². The summed E-state index contributed by atoms with van der Waals surface area (Å²) in [5.74, 6) is 2.26. The van der Waals surface area contributed by atoms with Crippen LogP contribution in [0.4, 0.5) is 10.2 Å². The van der Waals surface area contributed by atoms with Crippen LogP contribution in [0.25, 0.3) is 0 Å². The molecule has 0 radical (unpaired) electrons. The van der Waals surface area contributed by atoms with Gasteiger partial charge < -0.3 is 4.90 Å². The SMILES string of the molecule is Fc1ccc(N2CC3CN(C4CC4)CC3C2)nc1. The highest BCUT2D eigenvalue weighted by Crippen LogP contribution is 2.38. The van der Waals surface area contributed by atoms with Crippen LogP contribution in [0.15, 0.2) is 18.3 Å². The average molecular weight is 247 g/mol. The second-order valence-electron chi connectivity index (χ2n) is 5.94. The van der Waals surface area contributed by atoms with E-state index in [9.17, 15) is 4.39 Å². The van der Waals surface area contributed by atoms with Gasteiger partial charge in [0.2, 0.25) is 0 Å². The summed E-state index contributed by atoms with van der Waals surface area (Å²) in [6, 6.07) is 4.20. The van der Waals surface area contributed by atoms with E-state index >= 15 is 0 Å². The van der Waals surface area contributed by atoms with Crippen LogP contribution >= 0.6 is 0 Å². The topological polar surface area (TPSA) is 19.4 Å². The number of hydrogen-bond acceptors (Lipinski definition) is 3. The standard InChI is InChI=1S/C14H18FN3/c15-12-1-4-14(16-5-12)18-8-10-6-17(13-2-3-13)7-11(10)9-18/h1,4-5,10-11,13H,2-3,6-9H2. The normalized spacial score (nSPS) is 31.9. The Balaban J connectivity index is 1.44. The molecule has 3 fully saturated rings. The molecule has 0 aromatic carbocycles. The number of nitrogens with zero attached hydrogens (tertiary/aromatic N) is 3. The first-order valence-electron chi connectivity index (χ1n) is 6.90. The molecule has 0 amide bonds. The zero-order valence-corrected chi connectivity index (χ0v) is 10.4. The summed E-state index contributed by atoms with van der Waals surface area (Å²) < 4.78 is 12.9. The van der Waals surface area contributed by atoms with Crippen LogP contribution in [-0.4, -0.2) is 42.1 Å². The predicted molar refractivity (Wildman–Crippen MR) is 68.0 cm³/mol. The molecular weight excluding hydrogens is 229 g/mol.